The lowest BCUT2D eigenvalue weighted by Crippen LogP contribution is -2.22. The average Bonchev–Trinajstić information content (AvgIpc) is 3.17. The van der Waals surface area contributed by atoms with Gasteiger partial charge in [-0.3, -0.25) is 4.99 Å². The molecule has 0 atom stereocenters. The topological polar surface area (TPSA) is 21.4 Å². The molecular formula is C27H20BrN3S. The Bertz CT molecular complexity index is 1420. The number of aryl methyl sites for hydroxylation is 1. The van der Waals surface area contributed by atoms with Gasteiger partial charge in [0, 0.05) is 4.47 Å². The quantitative estimate of drug-likeness (QED) is 0.119. The van der Waals surface area contributed by atoms with Crippen LogP contribution in [-0.2, 0) is 12.6 Å². The molecule has 0 aliphatic rings. The Labute approximate surface area is 201 Å². The Kier molecular flexibility index (Phi) is 5.60. The average molecular weight is 498 g/mol. The van der Waals surface area contributed by atoms with Gasteiger partial charge in [-0.05, 0) is 72.6 Å². The fourth-order valence-corrected chi connectivity index (χ4v) is 4.41. The van der Waals surface area contributed by atoms with Crippen LogP contribution in [0.3, 0.4) is 0 Å². The molecule has 0 aliphatic heterocycles. The highest BCUT2D eigenvalue weighted by atomic mass is 79.9. The van der Waals surface area contributed by atoms with Crippen molar-refractivity contribution in [1.29, 1.82) is 0 Å². The number of imidazole rings is 1. The first-order valence-electron chi connectivity index (χ1n) is 10.3. The van der Waals surface area contributed by atoms with E-state index in [4.69, 9.17) is 17.6 Å². The predicted molar refractivity (Wildman–Crippen MR) is 137 cm³/mol. The number of aromatic nitrogens is 2. The third kappa shape index (κ3) is 3.85. The summed E-state index contributed by atoms with van der Waals surface area (Å²) in [6.45, 7) is 2.09. The fraction of sp³-hybridized carbons (Fsp3) is 0.0370. The largest absolute Gasteiger partial charge is 0.756 e. The second-order valence-electron chi connectivity index (χ2n) is 7.56. The van der Waals surface area contributed by atoms with Crippen molar-refractivity contribution in [2.24, 2.45) is 4.99 Å². The van der Waals surface area contributed by atoms with Gasteiger partial charge in [0.2, 0.25) is 0 Å². The van der Waals surface area contributed by atoms with Crippen molar-refractivity contribution in [1.82, 2.24) is 4.57 Å². The van der Waals surface area contributed by atoms with Gasteiger partial charge < -0.3 is 12.6 Å². The maximum absolute atomic E-state index is 5.93. The van der Waals surface area contributed by atoms with Crippen LogP contribution in [0.1, 0.15) is 11.3 Å². The van der Waals surface area contributed by atoms with E-state index in [1.807, 2.05) is 42.5 Å². The molecule has 3 nitrogen and oxygen atoms in total. The molecule has 0 amide bonds. The van der Waals surface area contributed by atoms with E-state index in [0.29, 0.717) is 5.04 Å². The minimum atomic E-state index is 0.541. The van der Waals surface area contributed by atoms with Crippen LogP contribution in [0.2, 0.25) is 0 Å². The molecule has 5 rings (SSSR count). The van der Waals surface area contributed by atoms with E-state index >= 15 is 0 Å². The van der Waals surface area contributed by atoms with Gasteiger partial charge in [-0.15, -0.1) is 0 Å². The molecular weight excluding hydrogens is 478 g/mol. The first-order valence-corrected chi connectivity index (χ1v) is 11.5. The maximum atomic E-state index is 5.93. The molecule has 0 bridgehead atoms. The van der Waals surface area contributed by atoms with Crippen molar-refractivity contribution in [2.45, 2.75) is 6.92 Å². The van der Waals surface area contributed by atoms with E-state index in [1.165, 1.54) is 5.56 Å². The molecule has 5 heteroatoms. The molecule has 2 heterocycles. The number of benzene rings is 3. The molecule has 32 heavy (non-hydrogen) atoms. The summed E-state index contributed by atoms with van der Waals surface area (Å²) in [6.07, 6.45) is 2.08. The van der Waals surface area contributed by atoms with Crippen molar-refractivity contribution >= 4 is 44.8 Å². The van der Waals surface area contributed by atoms with Crippen LogP contribution >= 0.6 is 15.9 Å². The summed E-state index contributed by atoms with van der Waals surface area (Å²) in [6, 6.07) is 32.9. The molecule has 0 N–H and O–H groups in total. The van der Waals surface area contributed by atoms with E-state index in [0.717, 1.165) is 38.4 Å². The van der Waals surface area contributed by atoms with E-state index in [9.17, 15) is 0 Å². The minimum absolute atomic E-state index is 0.541. The lowest BCUT2D eigenvalue weighted by atomic mass is 10.2. The second kappa shape index (κ2) is 8.69. The zero-order valence-corrected chi connectivity index (χ0v) is 19.8. The Morgan fingerprint density at radius 3 is 2.25 bits per heavy atom. The van der Waals surface area contributed by atoms with Gasteiger partial charge in [-0.2, -0.15) is 8.97 Å². The van der Waals surface area contributed by atoms with Crippen molar-refractivity contribution in [3.8, 4) is 17.1 Å². The van der Waals surface area contributed by atoms with Gasteiger partial charge in [0.15, 0.2) is 11.2 Å². The monoisotopic (exact) mass is 497 g/mol. The number of fused-ring (bicyclic) bond motifs is 1. The summed E-state index contributed by atoms with van der Waals surface area (Å²) >= 11 is 9.41. The predicted octanol–water partition coefficient (Wildman–Crippen LogP) is 6.58. The normalized spacial score (nSPS) is 11.8. The Hall–Kier alpha value is -3.28. The Morgan fingerprint density at radius 1 is 0.844 bits per heavy atom. The third-order valence-corrected chi connectivity index (χ3v) is 6.16. The second-order valence-corrected chi connectivity index (χ2v) is 8.86. The number of nitrogens with zero attached hydrogens (tertiary/aromatic N) is 3. The Balaban J connectivity index is 1.85. The van der Waals surface area contributed by atoms with Gasteiger partial charge in [0.25, 0.3) is 5.82 Å². The summed E-state index contributed by atoms with van der Waals surface area (Å²) in [7, 11) is 0. The van der Waals surface area contributed by atoms with Crippen LogP contribution < -0.4 is 4.40 Å². The Morgan fingerprint density at radius 2 is 1.53 bits per heavy atom. The smallest absolute Gasteiger partial charge is 0.299 e. The summed E-state index contributed by atoms with van der Waals surface area (Å²) < 4.78 is 5.42. The number of aliphatic imine (C=N–C) groups is 1. The van der Waals surface area contributed by atoms with Crippen molar-refractivity contribution < 1.29 is 4.40 Å². The van der Waals surface area contributed by atoms with E-state index < -0.39 is 0 Å². The summed E-state index contributed by atoms with van der Waals surface area (Å²) in [5, 5.41) is 0.541. The molecule has 0 radical (unpaired) electrons. The number of hydrogen-bond donors (Lipinski definition) is 0. The van der Waals surface area contributed by atoms with Crippen molar-refractivity contribution in [3.05, 3.63) is 119 Å². The zero-order valence-electron chi connectivity index (χ0n) is 17.4. The van der Waals surface area contributed by atoms with Gasteiger partial charge in [0.1, 0.15) is 5.69 Å². The number of pyridine rings is 1. The summed E-state index contributed by atoms with van der Waals surface area (Å²) in [5.41, 5.74) is 6.09. The lowest BCUT2D eigenvalue weighted by Gasteiger charge is -2.12. The van der Waals surface area contributed by atoms with Crippen LogP contribution in [0.4, 0.5) is 5.69 Å². The minimum Gasteiger partial charge on any atom is -0.756 e. The highest BCUT2D eigenvalue weighted by molar-refractivity contribution is 9.10. The highest BCUT2D eigenvalue weighted by Crippen LogP contribution is 2.28. The first kappa shape index (κ1) is 20.6. The molecule has 0 saturated heterocycles. The maximum Gasteiger partial charge on any atom is 0.299 e. The third-order valence-electron chi connectivity index (χ3n) is 5.35. The van der Waals surface area contributed by atoms with Crippen LogP contribution in [0.5, 0.6) is 0 Å². The number of rotatable bonds is 4. The van der Waals surface area contributed by atoms with E-state index in [2.05, 4.69) is 92.6 Å². The highest BCUT2D eigenvalue weighted by Gasteiger charge is 2.28. The van der Waals surface area contributed by atoms with Crippen LogP contribution in [0.15, 0.2) is 113 Å². The number of hydrogen-bond acceptors (Lipinski definition) is 2. The summed E-state index contributed by atoms with van der Waals surface area (Å²) in [5.74, 6) is 1.04. The summed E-state index contributed by atoms with van der Waals surface area (Å²) in [4.78, 5) is 4.81. The first-order chi connectivity index (χ1) is 15.6. The van der Waals surface area contributed by atoms with E-state index in [1.54, 1.807) is 0 Å². The molecule has 0 aliphatic carbocycles. The van der Waals surface area contributed by atoms with Crippen LogP contribution in [0, 0.1) is 6.92 Å². The van der Waals surface area contributed by atoms with Gasteiger partial charge >= 0.3 is 0 Å². The molecule has 0 fully saturated rings. The lowest BCUT2D eigenvalue weighted by molar-refractivity contribution is -0.499. The standard InChI is InChI=1S/C27H20BrN3S/c1-19-10-16-23(17-11-19)31-25(26(32)29-22-14-12-21(28)13-15-22)24-9-5-6-18-30(24)27(31)20-7-3-2-4-8-20/h2-18H,1H3. The van der Waals surface area contributed by atoms with Gasteiger partial charge in [0.05, 0.1) is 17.4 Å². The number of halogens is 1. The molecule has 0 saturated carbocycles. The molecule has 5 aromatic rings. The molecule has 156 valence electrons. The van der Waals surface area contributed by atoms with E-state index in [-0.39, 0.29) is 0 Å². The van der Waals surface area contributed by atoms with Gasteiger partial charge in [-0.1, -0.05) is 57.9 Å². The van der Waals surface area contributed by atoms with Crippen molar-refractivity contribution in [2.75, 3.05) is 0 Å². The molecule has 2 aromatic heterocycles. The van der Waals surface area contributed by atoms with Crippen molar-refractivity contribution in [3.63, 3.8) is 0 Å². The van der Waals surface area contributed by atoms with Gasteiger partial charge in [-0.25, -0.2) is 0 Å². The molecule has 0 spiro atoms. The molecule has 0 unspecified atom stereocenters. The van der Waals surface area contributed by atoms with Crippen LogP contribution in [-0.4, -0.2) is 9.61 Å². The fourth-order valence-electron chi connectivity index (χ4n) is 3.84. The zero-order chi connectivity index (χ0) is 22.1. The van der Waals surface area contributed by atoms with Crippen LogP contribution in [0.25, 0.3) is 22.6 Å². The molecule has 3 aromatic carbocycles. The SMILES string of the molecule is Cc1ccc(-n2c(C([S-])=Nc3ccc(Br)cc3)c3cccc[n+]3c2-c2ccccc2)cc1.